The third-order valence-electron chi connectivity index (χ3n) is 8.32. The fourth-order valence-electron chi connectivity index (χ4n) is 6.65. The average Bonchev–Trinajstić information content (AvgIpc) is 3.47. The van der Waals surface area contributed by atoms with Crippen molar-refractivity contribution in [2.24, 2.45) is 5.41 Å². The van der Waals surface area contributed by atoms with Crippen molar-refractivity contribution < 1.29 is 8.78 Å². The Morgan fingerprint density at radius 1 is 1.24 bits per heavy atom. The number of rotatable bonds is 8. The minimum Gasteiger partial charge on any atom is -0.373 e. The zero-order valence-corrected chi connectivity index (χ0v) is 20.3. The summed E-state index contributed by atoms with van der Waals surface area (Å²) in [6.07, 6.45) is 5.08. The van der Waals surface area contributed by atoms with Crippen molar-refractivity contribution in [3.05, 3.63) is 34.3 Å². The predicted molar refractivity (Wildman–Crippen MR) is 130 cm³/mol. The number of aromatic nitrogens is 3. The Labute approximate surface area is 199 Å². The molecule has 2 aromatic rings. The van der Waals surface area contributed by atoms with Crippen LogP contribution >= 0.6 is 0 Å². The van der Waals surface area contributed by atoms with E-state index in [9.17, 15) is 8.78 Å². The normalized spacial score (nSPS) is 25.8. The maximum atomic E-state index is 12.8. The number of nitrogens with zero attached hydrogens (tertiary/aromatic N) is 4. The second-order valence-corrected chi connectivity index (χ2v) is 10.5. The molecule has 2 aliphatic carbocycles. The zero-order chi connectivity index (χ0) is 24.1. The fourth-order valence-corrected chi connectivity index (χ4v) is 6.65. The molecule has 2 aromatic heterocycles. The Morgan fingerprint density at radius 2 is 2.00 bits per heavy atom. The molecule has 184 valence electrons. The Morgan fingerprint density at radius 3 is 2.68 bits per heavy atom. The number of fused-ring (bicyclic) bond motifs is 3. The summed E-state index contributed by atoms with van der Waals surface area (Å²) in [5.41, 5.74) is 6.47. The smallest absolute Gasteiger partial charge is 0.250 e. The van der Waals surface area contributed by atoms with Crippen LogP contribution in [0.5, 0.6) is 0 Å². The van der Waals surface area contributed by atoms with Crippen LogP contribution in [0.25, 0.3) is 0 Å². The van der Waals surface area contributed by atoms with Crippen molar-refractivity contribution in [1.82, 2.24) is 20.1 Å². The van der Waals surface area contributed by atoms with Gasteiger partial charge in [-0.3, -0.25) is 4.68 Å². The van der Waals surface area contributed by atoms with E-state index >= 15 is 0 Å². The van der Waals surface area contributed by atoms with Gasteiger partial charge in [0.05, 0.1) is 23.5 Å². The maximum absolute atomic E-state index is 12.8. The molecule has 2 fully saturated rings. The SMILES string of the molecule is CNc1nc(C)cc(N2CCc3c(c(C)nn3CC34CCC(NCC(F)F)(CC3)C4)C2)c1C=N. The second-order valence-electron chi connectivity index (χ2n) is 10.5. The van der Waals surface area contributed by atoms with Gasteiger partial charge in [-0.15, -0.1) is 0 Å². The van der Waals surface area contributed by atoms with Crippen LogP contribution in [-0.2, 0) is 19.5 Å². The first-order chi connectivity index (χ1) is 16.3. The molecule has 0 spiro atoms. The molecule has 3 aliphatic rings. The third kappa shape index (κ3) is 3.97. The number of anilines is 2. The number of aryl methyl sites for hydroxylation is 2. The highest BCUT2D eigenvalue weighted by Gasteiger charge is 2.54. The van der Waals surface area contributed by atoms with Gasteiger partial charge in [-0.05, 0) is 57.4 Å². The minimum atomic E-state index is -2.30. The molecule has 0 saturated heterocycles. The van der Waals surface area contributed by atoms with Crippen molar-refractivity contribution in [3.63, 3.8) is 0 Å². The van der Waals surface area contributed by atoms with Gasteiger partial charge in [-0.1, -0.05) is 0 Å². The second kappa shape index (κ2) is 8.59. The van der Waals surface area contributed by atoms with Gasteiger partial charge in [0.25, 0.3) is 6.43 Å². The summed E-state index contributed by atoms with van der Waals surface area (Å²) in [6, 6.07) is 2.06. The lowest BCUT2D eigenvalue weighted by molar-refractivity contribution is 0.129. The fraction of sp³-hybridized carbons (Fsp3) is 0.640. The number of nitrogens with one attached hydrogen (secondary N) is 3. The molecule has 0 radical (unpaired) electrons. The minimum absolute atomic E-state index is 0.108. The molecule has 7 nitrogen and oxygen atoms in total. The molecule has 0 aromatic carbocycles. The lowest BCUT2D eigenvalue weighted by Gasteiger charge is -2.32. The summed E-state index contributed by atoms with van der Waals surface area (Å²) in [6.45, 7) is 6.37. The summed E-state index contributed by atoms with van der Waals surface area (Å²) >= 11 is 0. The number of halogens is 2. The Kier molecular flexibility index (Phi) is 5.86. The van der Waals surface area contributed by atoms with E-state index in [-0.39, 0.29) is 17.5 Å². The van der Waals surface area contributed by atoms with Crippen LogP contribution in [0.1, 0.15) is 60.3 Å². The molecule has 2 saturated carbocycles. The number of pyridine rings is 1. The Balaban J connectivity index is 1.36. The Bertz CT molecular complexity index is 1090. The van der Waals surface area contributed by atoms with Crippen molar-refractivity contribution >= 4 is 17.7 Å². The highest BCUT2D eigenvalue weighted by atomic mass is 19.3. The van der Waals surface area contributed by atoms with Crippen molar-refractivity contribution in [2.45, 2.75) is 77.4 Å². The molecule has 0 unspecified atom stereocenters. The van der Waals surface area contributed by atoms with Crippen LogP contribution in [0.15, 0.2) is 6.07 Å². The van der Waals surface area contributed by atoms with E-state index in [1.54, 1.807) is 0 Å². The highest BCUT2D eigenvalue weighted by molar-refractivity contribution is 5.92. The average molecular weight is 472 g/mol. The molecule has 3 heterocycles. The van der Waals surface area contributed by atoms with Gasteiger partial charge in [0.15, 0.2) is 0 Å². The van der Waals surface area contributed by atoms with Crippen LogP contribution in [0.3, 0.4) is 0 Å². The van der Waals surface area contributed by atoms with Crippen LogP contribution in [0.4, 0.5) is 20.3 Å². The third-order valence-corrected chi connectivity index (χ3v) is 8.32. The summed E-state index contributed by atoms with van der Waals surface area (Å²) in [5, 5.41) is 19.2. The van der Waals surface area contributed by atoms with Gasteiger partial charge in [0.2, 0.25) is 0 Å². The van der Waals surface area contributed by atoms with Crippen molar-refractivity contribution in [2.75, 3.05) is 30.4 Å². The molecule has 0 atom stereocenters. The lowest BCUT2D eigenvalue weighted by Crippen LogP contribution is -2.43. The van der Waals surface area contributed by atoms with E-state index in [0.717, 1.165) is 86.6 Å². The summed E-state index contributed by atoms with van der Waals surface area (Å²) < 4.78 is 27.8. The van der Waals surface area contributed by atoms with Gasteiger partial charge < -0.3 is 20.9 Å². The van der Waals surface area contributed by atoms with Crippen LogP contribution < -0.4 is 15.5 Å². The standard InChI is InChI=1S/C25H35F2N7/c1-16-10-21(18(11-28)23(29-3)31-16)33-9-4-20-19(13-33)17(2)32-34(20)15-24-5-7-25(14-24,8-6-24)30-12-22(26)27/h10-11,22,28,30H,4-9,12-15H2,1-3H3,(H,29,31). The van der Waals surface area contributed by atoms with E-state index in [1.165, 1.54) is 17.5 Å². The largest absolute Gasteiger partial charge is 0.373 e. The van der Waals surface area contributed by atoms with Gasteiger partial charge in [0, 0.05) is 61.8 Å². The van der Waals surface area contributed by atoms with Gasteiger partial charge in [-0.25, -0.2) is 13.8 Å². The zero-order valence-electron chi connectivity index (χ0n) is 20.3. The van der Waals surface area contributed by atoms with E-state index < -0.39 is 6.43 Å². The molecular weight excluding hydrogens is 436 g/mol. The first-order valence-electron chi connectivity index (χ1n) is 12.3. The molecular formula is C25H35F2N7. The molecule has 0 amide bonds. The summed E-state index contributed by atoms with van der Waals surface area (Å²) in [5.74, 6) is 0.730. The van der Waals surface area contributed by atoms with E-state index in [1.807, 2.05) is 14.0 Å². The number of hydrogen-bond donors (Lipinski definition) is 3. The van der Waals surface area contributed by atoms with Crippen LogP contribution in [0, 0.1) is 24.7 Å². The molecule has 3 N–H and O–H groups in total. The summed E-state index contributed by atoms with van der Waals surface area (Å²) in [4.78, 5) is 6.87. The van der Waals surface area contributed by atoms with Crippen molar-refractivity contribution in [1.29, 1.82) is 5.41 Å². The first kappa shape index (κ1) is 23.2. The maximum Gasteiger partial charge on any atom is 0.250 e. The number of hydrogen-bond acceptors (Lipinski definition) is 6. The van der Waals surface area contributed by atoms with Gasteiger partial charge in [0.1, 0.15) is 5.82 Å². The number of alkyl halides is 2. The first-order valence-corrected chi connectivity index (χ1v) is 12.3. The van der Waals surface area contributed by atoms with Crippen LogP contribution in [0.2, 0.25) is 0 Å². The predicted octanol–water partition coefficient (Wildman–Crippen LogP) is 4.05. The molecule has 34 heavy (non-hydrogen) atoms. The van der Waals surface area contributed by atoms with E-state index in [0.29, 0.717) is 0 Å². The van der Waals surface area contributed by atoms with E-state index in [4.69, 9.17) is 10.5 Å². The Hall–Kier alpha value is -2.55. The van der Waals surface area contributed by atoms with Crippen molar-refractivity contribution in [3.8, 4) is 0 Å². The topological polar surface area (TPSA) is 81.9 Å². The monoisotopic (exact) mass is 471 g/mol. The summed E-state index contributed by atoms with van der Waals surface area (Å²) in [7, 11) is 1.84. The highest BCUT2D eigenvalue weighted by Crippen LogP contribution is 2.57. The molecule has 9 heteroatoms. The molecule has 1 aliphatic heterocycles. The van der Waals surface area contributed by atoms with Gasteiger partial charge in [-0.2, -0.15) is 5.10 Å². The van der Waals surface area contributed by atoms with E-state index in [2.05, 4.69) is 38.2 Å². The van der Waals surface area contributed by atoms with Crippen LogP contribution in [-0.4, -0.2) is 53.1 Å². The quantitative estimate of drug-likeness (QED) is 0.506. The molecule has 2 bridgehead atoms. The molecule has 5 rings (SSSR count). The van der Waals surface area contributed by atoms with Gasteiger partial charge >= 0.3 is 0 Å². The lowest BCUT2D eigenvalue weighted by atomic mass is 9.84.